The molecule has 0 radical (unpaired) electrons. The highest BCUT2D eigenvalue weighted by molar-refractivity contribution is 8.01. The van der Waals surface area contributed by atoms with E-state index in [2.05, 4.69) is 33.5 Å². The Hall–Kier alpha value is -1.18. The lowest BCUT2D eigenvalue weighted by Gasteiger charge is -2.04. The van der Waals surface area contributed by atoms with E-state index in [1.165, 1.54) is 5.56 Å². The largest absolute Gasteiger partial charge is 0.353 e. The summed E-state index contributed by atoms with van der Waals surface area (Å²) in [5.74, 6) is 0. The van der Waals surface area contributed by atoms with Crippen LogP contribution in [0.5, 0.6) is 0 Å². The van der Waals surface area contributed by atoms with Crippen LogP contribution < -0.4 is 10.2 Å². The summed E-state index contributed by atoms with van der Waals surface area (Å²) in [6, 6.07) is 4.11. The van der Waals surface area contributed by atoms with Gasteiger partial charge in [-0.15, -0.1) is 10.2 Å². The quantitative estimate of drug-likeness (QED) is 0.882. The normalized spacial score (nSPS) is 10.7. The van der Waals surface area contributed by atoms with Gasteiger partial charge in [-0.05, 0) is 29.9 Å². The van der Waals surface area contributed by atoms with Crippen molar-refractivity contribution in [1.82, 2.24) is 20.5 Å². The van der Waals surface area contributed by atoms with E-state index in [9.17, 15) is 0 Å². The van der Waals surface area contributed by atoms with Crippen LogP contribution in [0.3, 0.4) is 0 Å². The summed E-state index contributed by atoms with van der Waals surface area (Å²) < 4.78 is 0.913. The highest BCUT2D eigenvalue weighted by Crippen LogP contribution is 2.31. The molecule has 2 aromatic heterocycles. The van der Waals surface area contributed by atoms with Gasteiger partial charge < -0.3 is 10.2 Å². The topological polar surface area (TPSA) is 53.9 Å². The first-order valence-corrected chi connectivity index (χ1v) is 7.66. The zero-order valence-corrected chi connectivity index (χ0v) is 12.9. The molecule has 0 aromatic carbocycles. The third kappa shape index (κ3) is 4.15. The molecule has 5 nitrogen and oxygen atoms in total. The smallest absolute Gasteiger partial charge is 0.208 e. The van der Waals surface area contributed by atoms with Crippen LogP contribution in [-0.4, -0.2) is 35.8 Å². The lowest BCUT2D eigenvalue weighted by Crippen LogP contribution is -2.11. The van der Waals surface area contributed by atoms with Crippen LogP contribution >= 0.6 is 23.1 Å². The van der Waals surface area contributed by atoms with Gasteiger partial charge in [0.2, 0.25) is 5.13 Å². The molecule has 0 aliphatic carbocycles. The van der Waals surface area contributed by atoms with Crippen LogP contribution in [0.4, 0.5) is 5.13 Å². The molecule has 7 heteroatoms. The van der Waals surface area contributed by atoms with Gasteiger partial charge in [-0.25, -0.2) is 4.98 Å². The number of pyridine rings is 1. The van der Waals surface area contributed by atoms with Crippen LogP contribution in [0.1, 0.15) is 12.5 Å². The van der Waals surface area contributed by atoms with Gasteiger partial charge in [0.05, 0.1) is 0 Å². The predicted octanol–water partition coefficient (Wildman–Crippen LogP) is 2.26. The minimum Gasteiger partial charge on any atom is -0.353 e. The second-order valence-corrected chi connectivity index (χ2v) is 6.36. The number of nitrogens with zero attached hydrogens (tertiary/aromatic N) is 4. The van der Waals surface area contributed by atoms with Gasteiger partial charge in [0.1, 0.15) is 5.03 Å². The van der Waals surface area contributed by atoms with Crippen LogP contribution in [0, 0.1) is 0 Å². The molecule has 1 N–H and O–H groups in total. The molecule has 0 aliphatic heterocycles. The fourth-order valence-corrected chi connectivity index (χ4v) is 3.01. The monoisotopic (exact) mass is 295 g/mol. The molecule has 0 bridgehead atoms. The molecule has 19 heavy (non-hydrogen) atoms. The van der Waals surface area contributed by atoms with E-state index in [1.54, 1.807) is 23.1 Å². The minimum atomic E-state index is 0.859. The van der Waals surface area contributed by atoms with Crippen molar-refractivity contribution in [3.63, 3.8) is 0 Å². The fourth-order valence-electron chi connectivity index (χ4n) is 1.36. The van der Waals surface area contributed by atoms with Gasteiger partial charge in [0, 0.05) is 26.8 Å². The number of hydrogen-bond acceptors (Lipinski definition) is 7. The maximum atomic E-state index is 4.43. The molecule has 0 unspecified atom stereocenters. The number of hydrogen-bond donors (Lipinski definition) is 1. The van der Waals surface area contributed by atoms with Gasteiger partial charge >= 0.3 is 0 Å². The summed E-state index contributed by atoms with van der Waals surface area (Å²) in [4.78, 5) is 6.38. The van der Waals surface area contributed by atoms with Crippen molar-refractivity contribution >= 4 is 28.2 Å². The molecule has 0 atom stereocenters. The molecule has 2 rings (SSSR count). The van der Waals surface area contributed by atoms with E-state index in [-0.39, 0.29) is 0 Å². The van der Waals surface area contributed by atoms with E-state index >= 15 is 0 Å². The van der Waals surface area contributed by atoms with Crippen molar-refractivity contribution < 1.29 is 0 Å². The molecule has 2 aromatic rings. The molecule has 2 heterocycles. The predicted molar refractivity (Wildman–Crippen MR) is 80.0 cm³/mol. The molecule has 0 fully saturated rings. The van der Waals surface area contributed by atoms with Gasteiger partial charge in [-0.1, -0.05) is 24.3 Å². The molecule has 0 saturated carbocycles. The van der Waals surface area contributed by atoms with Crippen LogP contribution in [-0.2, 0) is 6.54 Å². The lowest BCUT2D eigenvalue weighted by molar-refractivity contribution is 0.723. The summed E-state index contributed by atoms with van der Waals surface area (Å²) in [6.45, 7) is 3.92. The van der Waals surface area contributed by atoms with Crippen molar-refractivity contribution in [2.75, 3.05) is 25.5 Å². The van der Waals surface area contributed by atoms with Crippen molar-refractivity contribution in [3.8, 4) is 0 Å². The van der Waals surface area contributed by atoms with E-state index in [1.807, 2.05) is 31.3 Å². The first-order chi connectivity index (χ1) is 9.19. The van der Waals surface area contributed by atoms with E-state index in [0.29, 0.717) is 0 Å². The fraction of sp³-hybridized carbons (Fsp3) is 0.417. The number of anilines is 1. The summed E-state index contributed by atoms with van der Waals surface area (Å²) >= 11 is 3.11. The maximum absolute atomic E-state index is 4.43. The lowest BCUT2D eigenvalue weighted by atomic mass is 10.3. The Morgan fingerprint density at radius 1 is 1.32 bits per heavy atom. The second kappa shape index (κ2) is 6.83. The third-order valence-electron chi connectivity index (χ3n) is 2.35. The summed E-state index contributed by atoms with van der Waals surface area (Å²) in [7, 11) is 3.92. The molecule has 102 valence electrons. The van der Waals surface area contributed by atoms with Gasteiger partial charge in [0.15, 0.2) is 4.34 Å². The summed E-state index contributed by atoms with van der Waals surface area (Å²) in [6.07, 6.45) is 1.90. The minimum absolute atomic E-state index is 0.859. The Morgan fingerprint density at radius 2 is 2.16 bits per heavy atom. The first-order valence-electron chi connectivity index (χ1n) is 6.03. The SMILES string of the molecule is CCNCc1ccc(Sc2nnc(N(C)C)s2)nc1. The van der Waals surface area contributed by atoms with Gasteiger partial charge in [-0.3, -0.25) is 0 Å². The first kappa shape index (κ1) is 14.2. The van der Waals surface area contributed by atoms with Gasteiger partial charge in [0.25, 0.3) is 0 Å². The Kier molecular flexibility index (Phi) is 5.12. The van der Waals surface area contributed by atoms with Crippen molar-refractivity contribution in [2.24, 2.45) is 0 Å². The number of aromatic nitrogens is 3. The Bertz CT molecular complexity index is 509. The number of rotatable bonds is 6. The van der Waals surface area contributed by atoms with Crippen molar-refractivity contribution in [2.45, 2.75) is 22.8 Å². The van der Waals surface area contributed by atoms with Crippen LogP contribution in [0.2, 0.25) is 0 Å². The Morgan fingerprint density at radius 3 is 2.74 bits per heavy atom. The van der Waals surface area contributed by atoms with Crippen molar-refractivity contribution in [3.05, 3.63) is 23.9 Å². The molecular weight excluding hydrogens is 278 g/mol. The average molecular weight is 295 g/mol. The van der Waals surface area contributed by atoms with Crippen molar-refractivity contribution in [1.29, 1.82) is 0 Å². The molecule has 0 aliphatic rings. The van der Waals surface area contributed by atoms with Gasteiger partial charge in [-0.2, -0.15) is 0 Å². The van der Waals surface area contributed by atoms with E-state index in [0.717, 1.165) is 27.6 Å². The number of nitrogens with one attached hydrogen (secondary N) is 1. The highest BCUT2D eigenvalue weighted by atomic mass is 32.2. The Labute approximate surface area is 121 Å². The molecule has 0 saturated heterocycles. The second-order valence-electron chi connectivity index (χ2n) is 4.13. The third-order valence-corrected chi connectivity index (χ3v) is 4.44. The zero-order valence-electron chi connectivity index (χ0n) is 11.3. The Balaban J connectivity index is 1.98. The van der Waals surface area contributed by atoms with Crippen LogP contribution in [0.25, 0.3) is 0 Å². The standard InChI is InChI=1S/C12H17N5S2/c1-4-13-7-9-5-6-10(14-8-9)18-12-16-15-11(19-12)17(2)3/h5-6,8,13H,4,7H2,1-3H3. The average Bonchev–Trinajstić information content (AvgIpc) is 2.87. The highest BCUT2D eigenvalue weighted by Gasteiger charge is 2.08. The van der Waals surface area contributed by atoms with E-state index in [4.69, 9.17) is 0 Å². The summed E-state index contributed by atoms with van der Waals surface area (Å²) in [5.41, 5.74) is 1.19. The van der Waals surface area contributed by atoms with Crippen LogP contribution in [0.15, 0.2) is 27.7 Å². The maximum Gasteiger partial charge on any atom is 0.208 e. The summed E-state index contributed by atoms with van der Waals surface area (Å²) in [5, 5.41) is 13.4. The zero-order chi connectivity index (χ0) is 13.7. The van der Waals surface area contributed by atoms with E-state index < -0.39 is 0 Å². The molecular formula is C12H17N5S2. The molecule has 0 amide bonds. The molecule has 0 spiro atoms.